The van der Waals surface area contributed by atoms with Crippen molar-refractivity contribution in [2.45, 2.75) is 13.8 Å². The number of thiophene rings is 2. The minimum absolute atomic E-state index is 0.514. The van der Waals surface area contributed by atoms with Gasteiger partial charge in [-0.25, -0.2) is 4.40 Å². The predicted octanol–water partition coefficient (Wildman–Crippen LogP) is 5.65. The molecule has 0 spiro atoms. The van der Waals surface area contributed by atoms with E-state index in [9.17, 15) is 0 Å². The Labute approximate surface area is 143 Å². The van der Waals surface area contributed by atoms with Gasteiger partial charge in [-0.2, -0.15) is 0 Å². The van der Waals surface area contributed by atoms with Gasteiger partial charge < -0.3 is 0 Å². The highest BCUT2D eigenvalue weighted by molar-refractivity contribution is 7.97. The van der Waals surface area contributed by atoms with Gasteiger partial charge in [0.1, 0.15) is 5.71 Å². The van der Waals surface area contributed by atoms with Crippen LogP contribution >= 0.6 is 34.6 Å². The second kappa shape index (κ2) is 6.36. The minimum atomic E-state index is 0.514. The molecular weight excluding hydrogens is 328 g/mol. The first-order valence-electron chi connectivity index (χ1n) is 6.86. The number of nitrogens with one attached hydrogen (secondary N) is 1. The molecule has 0 amide bonds. The molecule has 3 rings (SSSR count). The van der Waals surface area contributed by atoms with Crippen molar-refractivity contribution in [2.75, 3.05) is 6.26 Å². The SMILES string of the molecule is CS/N=C1\C(=N)C(c2ccc(C)s2)=CC=C1c1ccc(C)s1. The zero-order valence-electron chi connectivity index (χ0n) is 12.6. The molecule has 0 fully saturated rings. The van der Waals surface area contributed by atoms with Gasteiger partial charge in [0.2, 0.25) is 0 Å². The standard InChI is InChI=1S/C17H16N2S3/c1-10-4-8-14(21-10)12-6-7-13(15-9-5-11(2)22-15)17(16(12)18)19-20-3/h4-9,18H,1-3H3/b18-16?,19-17-. The largest absolute Gasteiger partial charge is 0.298 e. The summed E-state index contributed by atoms with van der Waals surface area (Å²) in [6.45, 7) is 4.19. The van der Waals surface area contributed by atoms with E-state index in [1.54, 1.807) is 22.7 Å². The maximum Gasteiger partial charge on any atom is 0.105 e. The summed E-state index contributed by atoms with van der Waals surface area (Å²) < 4.78 is 4.53. The second-order valence-electron chi connectivity index (χ2n) is 4.98. The van der Waals surface area contributed by atoms with Crippen LogP contribution in [0.5, 0.6) is 0 Å². The van der Waals surface area contributed by atoms with E-state index >= 15 is 0 Å². The summed E-state index contributed by atoms with van der Waals surface area (Å²) in [5.74, 6) is 0. The van der Waals surface area contributed by atoms with E-state index in [2.05, 4.69) is 54.7 Å². The van der Waals surface area contributed by atoms with Gasteiger partial charge in [0.15, 0.2) is 0 Å². The fourth-order valence-corrected chi connectivity index (χ4v) is 4.51. The molecule has 112 valence electrons. The van der Waals surface area contributed by atoms with Crippen molar-refractivity contribution in [3.8, 4) is 0 Å². The molecule has 0 radical (unpaired) electrons. The predicted molar refractivity (Wildman–Crippen MR) is 103 cm³/mol. The third-order valence-electron chi connectivity index (χ3n) is 3.37. The lowest BCUT2D eigenvalue weighted by Gasteiger charge is -2.17. The van der Waals surface area contributed by atoms with Gasteiger partial charge in [-0.15, -0.1) is 22.7 Å². The molecule has 1 N–H and O–H groups in total. The van der Waals surface area contributed by atoms with Crippen LogP contribution in [0, 0.1) is 19.3 Å². The molecule has 0 aliphatic heterocycles. The van der Waals surface area contributed by atoms with Crippen LogP contribution in [0.1, 0.15) is 19.5 Å². The van der Waals surface area contributed by atoms with Crippen molar-refractivity contribution < 1.29 is 0 Å². The van der Waals surface area contributed by atoms with E-state index in [1.165, 1.54) is 26.6 Å². The summed E-state index contributed by atoms with van der Waals surface area (Å²) in [7, 11) is 0. The zero-order chi connectivity index (χ0) is 15.7. The molecule has 0 saturated carbocycles. The number of nitrogens with zero attached hydrogens (tertiary/aromatic N) is 1. The van der Waals surface area contributed by atoms with Crippen LogP contribution < -0.4 is 0 Å². The molecule has 0 saturated heterocycles. The smallest absolute Gasteiger partial charge is 0.105 e. The van der Waals surface area contributed by atoms with Crippen LogP contribution in [-0.2, 0) is 0 Å². The summed E-state index contributed by atoms with van der Waals surface area (Å²) in [5, 5.41) is 8.60. The van der Waals surface area contributed by atoms with E-state index in [0.29, 0.717) is 5.71 Å². The molecule has 0 bridgehead atoms. The molecule has 2 nitrogen and oxygen atoms in total. The lowest BCUT2D eigenvalue weighted by atomic mass is 9.92. The Hall–Kier alpha value is -1.43. The van der Waals surface area contributed by atoms with Crippen molar-refractivity contribution in [3.63, 3.8) is 0 Å². The highest BCUT2D eigenvalue weighted by Gasteiger charge is 2.24. The quantitative estimate of drug-likeness (QED) is 0.567. The molecule has 1 aliphatic carbocycles. The van der Waals surface area contributed by atoms with Crippen LogP contribution in [0.2, 0.25) is 0 Å². The van der Waals surface area contributed by atoms with Crippen LogP contribution in [0.4, 0.5) is 0 Å². The average Bonchev–Trinajstić information content (AvgIpc) is 3.10. The van der Waals surface area contributed by atoms with Crippen molar-refractivity contribution in [3.05, 3.63) is 55.9 Å². The molecule has 22 heavy (non-hydrogen) atoms. The van der Waals surface area contributed by atoms with E-state index in [4.69, 9.17) is 5.41 Å². The molecule has 0 atom stereocenters. The summed E-state index contributed by atoms with van der Waals surface area (Å²) in [5.41, 5.74) is 3.30. The molecular formula is C17H16N2S3. The van der Waals surface area contributed by atoms with E-state index in [1.807, 2.05) is 6.26 Å². The average molecular weight is 345 g/mol. The Morgan fingerprint density at radius 2 is 1.45 bits per heavy atom. The fourth-order valence-electron chi connectivity index (χ4n) is 2.34. The maximum absolute atomic E-state index is 8.60. The fraction of sp³-hybridized carbons (Fsp3) is 0.176. The van der Waals surface area contributed by atoms with Crippen LogP contribution in [0.3, 0.4) is 0 Å². The van der Waals surface area contributed by atoms with Crippen molar-refractivity contribution in [2.24, 2.45) is 4.40 Å². The Kier molecular flexibility index (Phi) is 4.47. The Bertz CT molecular complexity index is 819. The van der Waals surface area contributed by atoms with Gasteiger partial charge in [-0.3, -0.25) is 5.41 Å². The van der Waals surface area contributed by atoms with Gasteiger partial charge in [0.25, 0.3) is 0 Å². The molecule has 0 unspecified atom stereocenters. The lowest BCUT2D eigenvalue weighted by Crippen LogP contribution is -2.18. The van der Waals surface area contributed by atoms with Crippen molar-refractivity contribution in [1.82, 2.24) is 0 Å². The summed E-state index contributed by atoms with van der Waals surface area (Å²) in [6.07, 6.45) is 6.09. The monoisotopic (exact) mass is 344 g/mol. The van der Waals surface area contributed by atoms with Gasteiger partial charge in [-0.05, 0) is 50.1 Å². The second-order valence-corrected chi connectivity index (χ2v) is 8.10. The van der Waals surface area contributed by atoms with Crippen LogP contribution in [0.15, 0.2) is 40.8 Å². The molecule has 0 aromatic carbocycles. The topological polar surface area (TPSA) is 36.2 Å². The van der Waals surface area contributed by atoms with Gasteiger partial charge in [-0.1, -0.05) is 12.2 Å². The molecule has 5 heteroatoms. The van der Waals surface area contributed by atoms with Crippen LogP contribution in [-0.4, -0.2) is 17.7 Å². The number of hydrogen-bond acceptors (Lipinski definition) is 5. The van der Waals surface area contributed by atoms with Gasteiger partial charge in [0, 0.05) is 36.9 Å². The van der Waals surface area contributed by atoms with E-state index < -0.39 is 0 Å². The first kappa shape index (κ1) is 15.5. The van der Waals surface area contributed by atoms with E-state index in [-0.39, 0.29) is 0 Å². The summed E-state index contributed by atoms with van der Waals surface area (Å²) >= 11 is 4.87. The Morgan fingerprint density at radius 1 is 0.909 bits per heavy atom. The first-order chi connectivity index (χ1) is 10.6. The third-order valence-corrected chi connectivity index (χ3v) is 5.81. The van der Waals surface area contributed by atoms with Gasteiger partial charge in [0.05, 0.1) is 5.71 Å². The number of rotatable bonds is 3. The molecule has 2 heterocycles. The zero-order valence-corrected chi connectivity index (χ0v) is 15.1. The number of allylic oxidation sites excluding steroid dienone is 4. The highest BCUT2D eigenvalue weighted by Crippen LogP contribution is 2.34. The Morgan fingerprint density at radius 3 is 1.95 bits per heavy atom. The number of aryl methyl sites for hydroxylation is 2. The summed E-state index contributed by atoms with van der Waals surface area (Å²) in [4.78, 5) is 4.84. The third kappa shape index (κ3) is 2.89. The minimum Gasteiger partial charge on any atom is -0.298 e. The maximum atomic E-state index is 8.60. The van der Waals surface area contributed by atoms with E-state index in [0.717, 1.165) is 21.7 Å². The Balaban J connectivity index is 2.10. The first-order valence-corrected chi connectivity index (χ1v) is 9.68. The normalized spacial score (nSPS) is 16.9. The molecule has 2 aromatic rings. The number of hydrogen-bond donors (Lipinski definition) is 1. The van der Waals surface area contributed by atoms with Gasteiger partial charge >= 0.3 is 0 Å². The molecule has 1 aliphatic rings. The van der Waals surface area contributed by atoms with Crippen molar-refractivity contribution in [1.29, 1.82) is 5.41 Å². The lowest BCUT2D eigenvalue weighted by molar-refractivity contribution is 1.54. The summed E-state index contributed by atoms with van der Waals surface area (Å²) in [6, 6.07) is 8.42. The van der Waals surface area contributed by atoms with Crippen LogP contribution in [0.25, 0.3) is 11.1 Å². The highest BCUT2D eigenvalue weighted by atomic mass is 32.2. The van der Waals surface area contributed by atoms with Crippen molar-refractivity contribution >= 4 is 57.2 Å². The molecule has 2 aromatic heterocycles.